The van der Waals surface area contributed by atoms with Crippen molar-refractivity contribution >= 4 is 33.8 Å². The van der Waals surface area contributed by atoms with E-state index >= 15 is 0 Å². The van der Waals surface area contributed by atoms with Gasteiger partial charge in [-0.15, -0.1) is 11.3 Å². The highest BCUT2D eigenvalue weighted by atomic mass is 35.5. The zero-order chi connectivity index (χ0) is 15.4. The molecular weight excluding hydrogens is 316 g/mol. The molecule has 0 aliphatic heterocycles. The fourth-order valence-corrected chi connectivity index (χ4v) is 2.87. The van der Waals surface area contributed by atoms with E-state index < -0.39 is 0 Å². The Balaban J connectivity index is 1.74. The number of ether oxygens (including phenoxy) is 1. The zero-order valence-electron chi connectivity index (χ0n) is 12.0. The number of rotatable bonds is 5. The van der Waals surface area contributed by atoms with Crippen molar-refractivity contribution in [1.82, 2.24) is 4.98 Å². The molecule has 2 aromatic carbocycles. The Morgan fingerprint density at radius 3 is 2.50 bits per heavy atom. The van der Waals surface area contributed by atoms with Crippen molar-refractivity contribution in [3.63, 3.8) is 0 Å². The van der Waals surface area contributed by atoms with Gasteiger partial charge in [-0.25, -0.2) is 4.98 Å². The molecule has 0 atom stereocenters. The first-order valence-corrected chi connectivity index (χ1v) is 8.21. The summed E-state index contributed by atoms with van der Waals surface area (Å²) >= 11 is 7.45. The van der Waals surface area contributed by atoms with Crippen molar-refractivity contribution in [2.75, 3.05) is 11.9 Å². The summed E-state index contributed by atoms with van der Waals surface area (Å²) in [5.41, 5.74) is 2.99. The van der Waals surface area contributed by atoms with Crippen molar-refractivity contribution in [2.45, 2.75) is 6.92 Å². The first kappa shape index (κ1) is 14.9. The van der Waals surface area contributed by atoms with Crippen molar-refractivity contribution in [1.29, 1.82) is 0 Å². The van der Waals surface area contributed by atoms with E-state index in [-0.39, 0.29) is 0 Å². The summed E-state index contributed by atoms with van der Waals surface area (Å²) in [5, 5.41) is 6.89. The van der Waals surface area contributed by atoms with Gasteiger partial charge in [-0.05, 0) is 55.5 Å². The summed E-state index contributed by atoms with van der Waals surface area (Å²) in [6.45, 7) is 2.65. The second-order valence-corrected chi connectivity index (χ2v) is 5.92. The van der Waals surface area contributed by atoms with E-state index in [9.17, 15) is 0 Å². The third-order valence-electron chi connectivity index (χ3n) is 3.06. The van der Waals surface area contributed by atoms with E-state index in [1.54, 1.807) is 11.3 Å². The molecule has 0 radical (unpaired) electrons. The van der Waals surface area contributed by atoms with Crippen LogP contribution in [0, 0.1) is 0 Å². The SMILES string of the molecule is CCOc1ccc(-c2csc(Nc3ccc(Cl)cc3)n2)cc1. The molecule has 1 heterocycles. The van der Waals surface area contributed by atoms with Gasteiger partial charge in [0, 0.05) is 21.7 Å². The van der Waals surface area contributed by atoms with E-state index in [0.29, 0.717) is 6.61 Å². The highest BCUT2D eigenvalue weighted by molar-refractivity contribution is 7.14. The number of hydrogen-bond acceptors (Lipinski definition) is 4. The molecule has 22 heavy (non-hydrogen) atoms. The maximum Gasteiger partial charge on any atom is 0.187 e. The molecule has 112 valence electrons. The number of thiazole rings is 1. The average molecular weight is 331 g/mol. The normalized spacial score (nSPS) is 10.5. The number of hydrogen-bond donors (Lipinski definition) is 1. The van der Waals surface area contributed by atoms with Crippen LogP contribution in [0.25, 0.3) is 11.3 Å². The third kappa shape index (κ3) is 3.59. The first-order chi connectivity index (χ1) is 10.7. The molecule has 5 heteroatoms. The first-order valence-electron chi connectivity index (χ1n) is 6.96. The van der Waals surface area contributed by atoms with Crippen molar-refractivity contribution in [3.05, 3.63) is 58.9 Å². The van der Waals surface area contributed by atoms with Crippen LogP contribution in [0.15, 0.2) is 53.9 Å². The second-order valence-electron chi connectivity index (χ2n) is 4.63. The van der Waals surface area contributed by atoms with Crippen molar-refractivity contribution in [2.24, 2.45) is 0 Å². The fraction of sp³-hybridized carbons (Fsp3) is 0.118. The molecule has 3 rings (SSSR count). The molecule has 0 aliphatic rings. The molecule has 0 bridgehead atoms. The maximum atomic E-state index is 5.88. The number of aromatic nitrogens is 1. The molecule has 0 saturated heterocycles. The van der Waals surface area contributed by atoms with Crippen LogP contribution in [0.4, 0.5) is 10.8 Å². The van der Waals surface area contributed by atoms with Crippen LogP contribution in [-0.2, 0) is 0 Å². The standard InChI is InChI=1S/C17H15ClN2OS/c1-2-21-15-9-3-12(4-10-15)16-11-22-17(20-16)19-14-7-5-13(18)6-8-14/h3-11H,2H2,1H3,(H,19,20). The Bertz CT molecular complexity index is 738. The van der Waals surface area contributed by atoms with Crippen LogP contribution in [0.3, 0.4) is 0 Å². The Morgan fingerprint density at radius 1 is 1.09 bits per heavy atom. The lowest BCUT2D eigenvalue weighted by Crippen LogP contribution is -1.91. The van der Waals surface area contributed by atoms with Crippen LogP contribution < -0.4 is 10.1 Å². The topological polar surface area (TPSA) is 34.1 Å². The lowest BCUT2D eigenvalue weighted by molar-refractivity contribution is 0.340. The summed E-state index contributed by atoms with van der Waals surface area (Å²) in [5.74, 6) is 0.876. The van der Waals surface area contributed by atoms with Gasteiger partial charge in [0.25, 0.3) is 0 Å². The Hall–Kier alpha value is -2.04. The largest absolute Gasteiger partial charge is 0.494 e. The van der Waals surface area contributed by atoms with Gasteiger partial charge < -0.3 is 10.1 Å². The highest BCUT2D eigenvalue weighted by Crippen LogP contribution is 2.28. The lowest BCUT2D eigenvalue weighted by Gasteiger charge is -2.03. The molecule has 0 spiro atoms. The van der Waals surface area contributed by atoms with Crippen molar-refractivity contribution < 1.29 is 4.74 Å². The van der Waals surface area contributed by atoms with E-state index in [4.69, 9.17) is 16.3 Å². The van der Waals surface area contributed by atoms with Crippen LogP contribution in [0.1, 0.15) is 6.92 Å². The minimum Gasteiger partial charge on any atom is -0.494 e. The molecule has 0 saturated carbocycles. The molecule has 1 N–H and O–H groups in total. The molecule has 0 fully saturated rings. The molecule has 0 unspecified atom stereocenters. The van der Waals surface area contributed by atoms with Gasteiger partial charge in [0.15, 0.2) is 5.13 Å². The Kier molecular flexibility index (Phi) is 4.61. The number of anilines is 2. The molecule has 3 nitrogen and oxygen atoms in total. The molecular formula is C17H15ClN2OS. The number of nitrogens with one attached hydrogen (secondary N) is 1. The highest BCUT2D eigenvalue weighted by Gasteiger charge is 2.05. The summed E-state index contributed by atoms with van der Waals surface area (Å²) in [4.78, 5) is 4.61. The maximum absolute atomic E-state index is 5.88. The Labute approximate surface area is 138 Å². The van der Waals surface area contributed by atoms with Gasteiger partial charge >= 0.3 is 0 Å². The second kappa shape index (κ2) is 6.81. The smallest absolute Gasteiger partial charge is 0.187 e. The fourth-order valence-electron chi connectivity index (χ4n) is 2.01. The quantitative estimate of drug-likeness (QED) is 0.660. The predicted octanol–water partition coefficient (Wildman–Crippen LogP) is 5.61. The van der Waals surface area contributed by atoms with Crippen LogP contribution in [-0.4, -0.2) is 11.6 Å². The van der Waals surface area contributed by atoms with Crippen LogP contribution in [0.5, 0.6) is 5.75 Å². The van der Waals surface area contributed by atoms with Gasteiger partial charge in [0.05, 0.1) is 12.3 Å². The molecule has 0 aliphatic carbocycles. The molecule has 0 amide bonds. The van der Waals surface area contributed by atoms with Gasteiger partial charge in [0.2, 0.25) is 0 Å². The minimum absolute atomic E-state index is 0.672. The summed E-state index contributed by atoms with van der Waals surface area (Å²) in [7, 11) is 0. The van der Waals surface area contributed by atoms with Gasteiger partial charge in [-0.2, -0.15) is 0 Å². The number of halogens is 1. The van der Waals surface area contributed by atoms with Crippen LogP contribution in [0.2, 0.25) is 5.02 Å². The van der Waals surface area contributed by atoms with E-state index in [1.165, 1.54) is 0 Å². The third-order valence-corrected chi connectivity index (χ3v) is 4.07. The summed E-state index contributed by atoms with van der Waals surface area (Å²) < 4.78 is 5.45. The van der Waals surface area contributed by atoms with Gasteiger partial charge in [0.1, 0.15) is 5.75 Å². The minimum atomic E-state index is 0.672. The van der Waals surface area contributed by atoms with Gasteiger partial charge in [-0.1, -0.05) is 11.6 Å². The van der Waals surface area contributed by atoms with Gasteiger partial charge in [-0.3, -0.25) is 0 Å². The number of benzene rings is 2. The number of nitrogens with zero attached hydrogens (tertiary/aromatic N) is 1. The van der Waals surface area contributed by atoms with Crippen molar-refractivity contribution in [3.8, 4) is 17.0 Å². The average Bonchev–Trinajstić information content (AvgIpc) is 2.99. The summed E-state index contributed by atoms with van der Waals surface area (Å²) in [6, 6.07) is 15.5. The monoisotopic (exact) mass is 330 g/mol. The van der Waals surface area contributed by atoms with E-state index in [2.05, 4.69) is 10.3 Å². The lowest BCUT2D eigenvalue weighted by atomic mass is 10.2. The zero-order valence-corrected chi connectivity index (χ0v) is 13.6. The predicted molar refractivity (Wildman–Crippen MR) is 93.5 cm³/mol. The molecule has 1 aromatic heterocycles. The summed E-state index contributed by atoms with van der Waals surface area (Å²) in [6.07, 6.45) is 0. The Morgan fingerprint density at radius 2 is 1.82 bits per heavy atom. The van der Waals surface area contributed by atoms with E-state index in [0.717, 1.165) is 32.8 Å². The van der Waals surface area contributed by atoms with E-state index in [1.807, 2.05) is 60.8 Å². The van der Waals surface area contributed by atoms with Crippen LogP contribution >= 0.6 is 22.9 Å². The molecule has 3 aromatic rings.